The molecule has 0 radical (unpaired) electrons. The van der Waals surface area contributed by atoms with E-state index in [0.29, 0.717) is 11.6 Å². The fraction of sp³-hybridized carbons (Fsp3) is 0.600. The van der Waals surface area contributed by atoms with Crippen molar-refractivity contribution >= 4 is 17.6 Å². The summed E-state index contributed by atoms with van der Waals surface area (Å²) in [7, 11) is 3.18. The van der Waals surface area contributed by atoms with E-state index in [-0.39, 0.29) is 12.0 Å². The second-order valence-corrected chi connectivity index (χ2v) is 3.97. The molecule has 0 spiro atoms. The Kier molecular flexibility index (Phi) is 4.32. The Hall–Kier alpha value is -1.07. The highest BCUT2D eigenvalue weighted by Crippen LogP contribution is 2.18. The van der Waals surface area contributed by atoms with Gasteiger partial charge in [-0.2, -0.15) is 5.10 Å². The predicted molar refractivity (Wildman–Crippen MR) is 61.3 cm³/mol. The first-order valence-corrected chi connectivity index (χ1v) is 5.34. The maximum atomic E-state index is 11.2. The van der Waals surface area contributed by atoms with Gasteiger partial charge in [-0.3, -0.25) is 14.8 Å². The molecule has 0 saturated heterocycles. The molecule has 0 fully saturated rings. The molecule has 0 bridgehead atoms. The molecule has 0 aliphatic heterocycles. The number of esters is 1. The molecular formula is C10H16ClN3O2. The lowest BCUT2D eigenvalue weighted by Gasteiger charge is -2.11. The van der Waals surface area contributed by atoms with Crippen LogP contribution in [0.1, 0.15) is 18.3 Å². The molecule has 90 valence electrons. The molecule has 16 heavy (non-hydrogen) atoms. The van der Waals surface area contributed by atoms with Crippen LogP contribution in [0.5, 0.6) is 0 Å². The minimum Gasteiger partial charge on any atom is -0.468 e. The molecule has 1 aromatic heterocycles. The second kappa shape index (κ2) is 5.32. The molecule has 1 N–H and O–H groups in total. The summed E-state index contributed by atoms with van der Waals surface area (Å²) in [5.74, 6) is -0.296. The van der Waals surface area contributed by atoms with Crippen molar-refractivity contribution in [2.45, 2.75) is 26.4 Å². The van der Waals surface area contributed by atoms with Gasteiger partial charge in [0.2, 0.25) is 0 Å². The highest BCUT2D eigenvalue weighted by Gasteiger charge is 2.15. The molecule has 6 heteroatoms. The van der Waals surface area contributed by atoms with Crippen molar-refractivity contribution in [1.82, 2.24) is 15.1 Å². The van der Waals surface area contributed by atoms with Crippen molar-refractivity contribution in [3.8, 4) is 0 Å². The fourth-order valence-corrected chi connectivity index (χ4v) is 1.61. The van der Waals surface area contributed by atoms with Crippen LogP contribution in [0.15, 0.2) is 0 Å². The van der Waals surface area contributed by atoms with Crippen LogP contribution in [0.4, 0.5) is 0 Å². The van der Waals surface area contributed by atoms with Gasteiger partial charge in [0.15, 0.2) is 0 Å². The van der Waals surface area contributed by atoms with Crippen LogP contribution in [-0.2, 0) is 23.1 Å². The monoisotopic (exact) mass is 245 g/mol. The van der Waals surface area contributed by atoms with Crippen molar-refractivity contribution in [2.75, 3.05) is 7.11 Å². The van der Waals surface area contributed by atoms with Gasteiger partial charge < -0.3 is 4.74 Å². The minimum atomic E-state index is -0.365. The summed E-state index contributed by atoms with van der Waals surface area (Å²) in [5, 5.41) is 7.84. The van der Waals surface area contributed by atoms with Crippen molar-refractivity contribution in [3.05, 3.63) is 16.4 Å². The summed E-state index contributed by atoms with van der Waals surface area (Å²) < 4.78 is 6.31. The molecule has 1 atom stereocenters. The molecule has 1 heterocycles. The van der Waals surface area contributed by atoms with Crippen LogP contribution >= 0.6 is 11.6 Å². The van der Waals surface area contributed by atoms with Crippen LogP contribution in [-0.4, -0.2) is 28.9 Å². The van der Waals surface area contributed by atoms with Crippen LogP contribution in [0.2, 0.25) is 5.02 Å². The van der Waals surface area contributed by atoms with Crippen LogP contribution in [0.3, 0.4) is 0 Å². The van der Waals surface area contributed by atoms with Crippen molar-refractivity contribution in [3.63, 3.8) is 0 Å². The number of nitrogens with zero attached hydrogens (tertiary/aromatic N) is 2. The Morgan fingerprint density at radius 3 is 2.75 bits per heavy atom. The van der Waals surface area contributed by atoms with Crippen molar-refractivity contribution in [2.24, 2.45) is 7.05 Å². The maximum Gasteiger partial charge on any atom is 0.322 e. The van der Waals surface area contributed by atoms with E-state index in [2.05, 4.69) is 15.2 Å². The number of nitrogens with one attached hydrogen (secondary N) is 1. The molecule has 1 unspecified atom stereocenters. The Morgan fingerprint density at radius 1 is 1.69 bits per heavy atom. The fourth-order valence-electron chi connectivity index (χ4n) is 1.38. The van der Waals surface area contributed by atoms with Gasteiger partial charge in [0.05, 0.1) is 23.5 Å². The zero-order valence-electron chi connectivity index (χ0n) is 9.87. The number of aromatic nitrogens is 2. The van der Waals surface area contributed by atoms with Gasteiger partial charge in [-0.15, -0.1) is 0 Å². The van der Waals surface area contributed by atoms with E-state index >= 15 is 0 Å². The van der Waals surface area contributed by atoms with Gasteiger partial charge in [-0.25, -0.2) is 0 Å². The van der Waals surface area contributed by atoms with E-state index in [1.165, 1.54) is 7.11 Å². The Bertz CT molecular complexity index is 390. The quantitative estimate of drug-likeness (QED) is 0.806. The summed E-state index contributed by atoms with van der Waals surface area (Å²) in [6, 6.07) is -0.365. The molecule has 0 saturated carbocycles. The molecule has 1 rings (SSSR count). The van der Waals surface area contributed by atoms with Gasteiger partial charge in [0.25, 0.3) is 0 Å². The third kappa shape index (κ3) is 2.74. The molecule has 0 amide bonds. The molecule has 0 aliphatic carbocycles. The number of hydrogen-bond acceptors (Lipinski definition) is 4. The number of hydrogen-bond donors (Lipinski definition) is 1. The van der Waals surface area contributed by atoms with Crippen LogP contribution in [0.25, 0.3) is 0 Å². The third-order valence-corrected chi connectivity index (χ3v) is 2.88. The second-order valence-electron chi connectivity index (χ2n) is 3.60. The van der Waals surface area contributed by atoms with Gasteiger partial charge in [-0.1, -0.05) is 11.6 Å². The van der Waals surface area contributed by atoms with E-state index in [1.54, 1.807) is 11.6 Å². The number of aryl methyl sites for hydroxylation is 2. The number of methoxy groups -OCH3 is 1. The van der Waals surface area contributed by atoms with Gasteiger partial charge in [-0.05, 0) is 13.8 Å². The summed E-state index contributed by atoms with van der Waals surface area (Å²) in [6.45, 7) is 4.06. The number of ether oxygens (including phenoxy) is 1. The number of halogens is 1. The predicted octanol–water partition coefficient (Wildman–Crippen LogP) is 1.03. The number of carbonyl (C=O) groups excluding carboxylic acids is 1. The van der Waals surface area contributed by atoms with E-state index in [4.69, 9.17) is 11.6 Å². The largest absolute Gasteiger partial charge is 0.468 e. The highest BCUT2D eigenvalue weighted by molar-refractivity contribution is 6.31. The van der Waals surface area contributed by atoms with Gasteiger partial charge in [0, 0.05) is 13.6 Å². The topological polar surface area (TPSA) is 56.1 Å². The Balaban J connectivity index is 2.64. The smallest absolute Gasteiger partial charge is 0.322 e. The molecule has 1 aromatic rings. The van der Waals surface area contributed by atoms with Gasteiger partial charge >= 0.3 is 5.97 Å². The summed E-state index contributed by atoms with van der Waals surface area (Å²) in [6.07, 6.45) is 0. The first-order chi connectivity index (χ1) is 7.47. The van der Waals surface area contributed by atoms with Crippen LogP contribution < -0.4 is 5.32 Å². The summed E-state index contributed by atoms with van der Waals surface area (Å²) in [4.78, 5) is 11.2. The highest BCUT2D eigenvalue weighted by atomic mass is 35.5. The number of carbonyl (C=O) groups is 1. The zero-order valence-corrected chi connectivity index (χ0v) is 10.6. The SMILES string of the molecule is COC(=O)C(C)NCc1c(Cl)c(C)nn1C. The van der Waals surface area contributed by atoms with E-state index < -0.39 is 0 Å². The first-order valence-electron chi connectivity index (χ1n) is 4.96. The molecule has 5 nitrogen and oxygen atoms in total. The average Bonchev–Trinajstić information content (AvgIpc) is 2.49. The summed E-state index contributed by atoms with van der Waals surface area (Å²) >= 11 is 6.07. The molecule has 0 aliphatic rings. The maximum absolute atomic E-state index is 11.2. The first kappa shape index (κ1) is 13.0. The standard InChI is InChI=1S/C10H16ClN3O2/c1-6-9(11)8(14(3)13-6)5-12-7(2)10(15)16-4/h7,12H,5H2,1-4H3. The van der Waals surface area contributed by atoms with E-state index in [9.17, 15) is 4.79 Å². The van der Waals surface area contributed by atoms with E-state index in [1.807, 2.05) is 14.0 Å². The summed E-state index contributed by atoms with van der Waals surface area (Å²) in [5.41, 5.74) is 1.64. The Labute approximate surface area is 99.7 Å². The third-order valence-electron chi connectivity index (χ3n) is 2.39. The Morgan fingerprint density at radius 2 is 2.31 bits per heavy atom. The van der Waals surface area contributed by atoms with Gasteiger partial charge in [0.1, 0.15) is 6.04 Å². The lowest BCUT2D eigenvalue weighted by atomic mass is 10.3. The van der Waals surface area contributed by atoms with Crippen molar-refractivity contribution in [1.29, 1.82) is 0 Å². The number of rotatable bonds is 4. The normalized spacial score (nSPS) is 12.6. The van der Waals surface area contributed by atoms with Crippen molar-refractivity contribution < 1.29 is 9.53 Å². The molecule has 0 aromatic carbocycles. The lowest BCUT2D eigenvalue weighted by Crippen LogP contribution is -2.34. The average molecular weight is 246 g/mol. The van der Waals surface area contributed by atoms with Crippen LogP contribution in [0, 0.1) is 6.92 Å². The van der Waals surface area contributed by atoms with E-state index in [0.717, 1.165) is 11.4 Å². The lowest BCUT2D eigenvalue weighted by molar-refractivity contribution is -0.142. The zero-order chi connectivity index (χ0) is 12.3. The molecular weight excluding hydrogens is 230 g/mol. The minimum absolute atomic E-state index is 0.296.